The Balaban J connectivity index is 1.61. The number of nitrogens with one attached hydrogen (secondary N) is 2. The van der Waals surface area contributed by atoms with Gasteiger partial charge in [0, 0.05) is 30.1 Å². The van der Waals surface area contributed by atoms with Crippen molar-refractivity contribution in [2.45, 2.75) is 30.7 Å². The van der Waals surface area contributed by atoms with Gasteiger partial charge in [-0.2, -0.15) is 0 Å². The van der Waals surface area contributed by atoms with Crippen molar-refractivity contribution in [1.29, 1.82) is 0 Å². The number of amides is 2. The zero-order valence-corrected chi connectivity index (χ0v) is 20.8. The standard InChI is InChI=1S/C25H29N5O4S/c1-30(2)15-18-7-9-19(14-22(18)26)35(32,33)29-25(31)28-24-20-6-4-5-16(20)8-10-21(24)17-11-12-27-23(13-17)34-3/h7-14H,4-6,15,26H2,1-3H3,(H2,28,29,31). The number of sulfonamides is 1. The topological polar surface area (TPSA) is 127 Å². The molecule has 0 radical (unpaired) electrons. The van der Waals surface area contributed by atoms with Crippen molar-refractivity contribution in [3.63, 3.8) is 0 Å². The van der Waals surface area contributed by atoms with Crippen LogP contribution in [0.4, 0.5) is 16.2 Å². The first-order chi connectivity index (χ1) is 16.7. The predicted molar refractivity (Wildman–Crippen MR) is 136 cm³/mol. The van der Waals surface area contributed by atoms with Gasteiger partial charge in [-0.3, -0.25) is 0 Å². The molecule has 1 aliphatic rings. The minimum absolute atomic E-state index is 0.0787. The number of nitrogens with two attached hydrogens (primary N) is 1. The minimum atomic E-state index is -4.14. The Morgan fingerprint density at radius 2 is 1.94 bits per heavy atom. The number of carbonyl (C=O) groups excluding carboxylic acids is 1. The van der Waals surface area contributed by atoms with E-state index < -0.39 is 16.1 Å². The van der Waals surface area contributed by atoms with Crippen LogP contribution in [0.2, 0.25) is 0 Å². The van der Waals surface area contributed by atoms with Crippen LogP contribution >= 0.6 is 0 Å². The highest BCUT2D eigenvalue weighted by Crippen LogP contribution is 2.38. The van der Waals surface area contributed by atoms with Crippen LogP contribution in [0.3, 0.4) is 0 Å². The first kappa shape index (κ1) is 24.5. The first-order valence-electron chi connectivity index (χ1n) is 11.2. The maximum atomic E-state index is 12.9. The van der Waals surface area contributed by atoms with Gasteiger partial charge in [0.15, 0.2) is 0 Å². The minimum Gasteiger partial charge on any atom is -0.481 e. The molecule has 1 heterocycles. The normalized spacial score (nSPS) is 12.9. The Hall–Kier alpha value is -3.63. The van der Waals surface area contributed by atoms with Gasteiger partial charge in [0.05, 0.1) is 17.7 Å². The number of methoxy groups -OCH3 is 1. The van der Waals surface area contributed by atoms with Crippen LogP contribution in [0.25, 0.3) is 11.1 Å². The number of fused-ring (bicyclic) bond motifs is 1. The molecule has 2 amide bonds. The van der Waals surface area contributed by atoms with Crippen molar-refractivity contribution in [3.8, 4) is 17.0 Å². The molecule has 184 valence electrons. The molecule has 10 heteroatoms. The molecule has 0 saturated heterocycles. The molecule has 1 aliphatic carbocycles. The van der Waals surface area contributed by atoms with Crippen molar-refractivity contribution in [2.24, 2.45) is 0 Å². The number of benzene rings is 2. The highest BCUT2D eigenvalue weighted by atomic mass is 32.2. The van der Waals surface area contributed by atoms with E-state index in [1.54, 1.807) is 18.3 Å². The molecule has 0 saturated carbocycles. The zero-order chi connectivity index (χ0) is 25.2. The number of urea groups is 1. The monoisotopic (exact) mass is 495 g/mol. The van der Waals surface area contributed by atoms with Crippen LogP contribution in [0.1, 0.15) is 23.1 Å². The fraction of sp³-hybridized carbons (Fsp3) is 0.280. The number of rotatable bonds is 7. The summed E-state index contributed by atoms with van der Waals surface area (Å²) in [6.45, 7) is 0.571. The van der Waals surface area contributed by atoms with Crippen molar-refractivity contribution in [1.82, 2.24) is 14.6 Å². The molecule has 0 aliphatic heterocycles. The van der Waals surface area contributed by atoms with Crippen LogP contribution in [0, 0.1) is 0 Å². The van der Waals surface area contributed by atoms with Gasteiger partial charge in [0.1, 0.15) is 0 Å². The molecule has 35 heavy (non-hydrogen) atoms. The Labute approximate surface area is 205 Å². The van der Waals surface area contributed by atoms with Crippen LogP contribution in [-0.2, 0) is 29.4 Å². The third-order valence-corrected chi connectivity index (χ3v) is 7.25. The molecule has 4 N–H and O–H groups in total. The number of ether oxygens (including phenoxy) is 1. The van der Waals surface area contributed by atoms with Crippen LogP contribution in [0.15, 0.2) is 53.6 Å². The summed E-state index contributed by atoms with van der Waals surface area (Å²) in [7, 11) is 1.19. The molecule has 9 nitrogen and oxygen atoms in total. The van der Waals surface area contributed by atoms with E-state index in [4.69, 9.17) is 10.5 Å². The quantitative estimate of drug-likeness (QED) is 0.429. The highest BCUT2D eigenvalue weighted by Gasteiger charge is 2.24. The lowest BCUT2D eigenvalue weighted by atomic mass is 9.98. The summed E-state index contributed by atoms with van der Waals surface area (Å²) in [5.41, 5.74) is 11.5. The van der Waals surface area contributed by atoms with E-state index in [-0.39, 0.29) is 4.90 Å². The van der Waals surface area contributed by atoms with E-state index in [0.717, 1.165) is 47.1 Å². The molecule has 2 aromatic carbocycles. The second-order valence-electron chi connectivity index (χ2n) is 8.72. The number of carbonyl (C=O) groups is 1. The van der Waals surface area contributed by atoms with Crippen LogP contribution < -0.4 is 20.5 Å². The fourth-order valence-electron chi connectivity index (χ4n) is 4.28. The molecular formula is C25H29N5O4S. The van der Waals surface area contributed by atoms with Gasteiger partial charge in [0.25, 0.3) is 10.0 Å². The second kappa shape index (κ2) is 9.93. The van der Waals surface area contributed by atoms with Gasteiger partial charge >= 0.3 is 6.03 Å². The summed E-state index contributed by atoms with van der Waals surface area (Å²) in [5, 5.41) is 2.80. The molecule has 0 bridgehead atoms. The van der Waals surface area contributed by atoms with E-state index in [1.165, 1.54) is 19.2 Å². The van der Waals surface area contributed by atoms with Gasteiger partial charge < -0.3 is 20.7 Å². The zero-order valence-electron chi connectivity index (χ0n) is 20.0. The average Bonchev–Trinajstić information content (AvgIpc) is 3.29. The summed E-state index contributed by atoms with van der Waals surface area (Å²) in [5.74, 6) is 0.441. The third-order valence-electron chi connectivity index (χ3n) is 5.92. The molecule has 4 rings (SSSR count). The van der Waals surface area contributed by atoms with Crippen molar-refractivity contribution in [3.05, 3.63) is 65.4 Å². The molecule has 0 spiro atoms. The lowest BCUT2D eigenvalue weighted by Gasteiger charge is -2.17. The van der Waals surface area contributed by atoms with Crippen molar-refractivity contribution < 1.29 is 17.9 Å². The number of hydrogen-bond acceptors (Lipinski definition) is 7. The third kappa shape index (κ3) is 5.39. The molecular weight excluding hydrogens is 466 g/mol. The number of hydrogen-bond donors (Lipinski definition) is 3. The number of aromatic nitrogens is 1. The predicted octanol–water partition coefficient (Wildman–Crippen LogP) is 3.40. The maximum Gasteiger partial charge on any atom is 0.333 e. The molecule has 0 fully saturated rings. The van der Waals surface area contributed by atoms with E-state index in [0.29, 0.717) is 23.8 Å². The highest BCUT2D eigenvalue weighted by molar-refractivity contribution is 7.90. The SMILES string of the molecule is COc1cc(-c2ccc3c(c2NC(=O)NS(=O)(=O)c2ccc(CN(C)C)c(N)c2)CCC3)ccn1. The summed E-state index contributed by atoms with van der Waals surface area (Å²) < 4.78 is 33.2. The number of nitrogen functional groups attached to an aromatic ring is 1. The lowest BCUT2D eigenvalue weighted by Crippen LogP contribution is -2.34. The van der Waals surface area contributed by atoms with Gasteiger partial charge in [-0.15, -0.1) is 0 Å². The van der Waals surface area contributed by atoms with E-state index in [1.807, 2.05) is 37.2 Å². The first-order valence-corrected chi connectivity index (χ1v) is 12.7. The summed E-state index contributed by atoms with van der Waals surface area (Å²) in [6, 6.07) is 11.2. The van der Waals surface area contributed by atoms with Gasteiger partial charge in [-0.25, -0.2) is 22.9 Å². The van der Waals surface area contributed by atoms with E-state index >= 15 is 0 Å². The fourth-order valence-corrected chi connectivity index (χ4v) is 5.23. The Morgan fingerprint density at radius 1 is 1.14 bits per heavy atom. The molecule has 1 aromatic heterocycles. The largest absolute Gasteiger partial charge is 0.481 e. The van der Waals surface area contributed by atoms with Crippen molar-refractivity contribution in [2.75, 3.05) is 32.3 Å². The summed E-state index contributed by atoms with van der Waals surface area (Å²) >= 11 is 0. The van der Waals surface area contributed by atoms with Crippen LogP contribution in [0.5, 0.6) is 5.88 Å². The summed E-state index contributed by atoms with van der Waals surface area (Å²) in [6.07, 6.45) is 4.28. The maximum absolute atomic E-state index is 12.9. The number of pyridine rings is 1. The Morgan fingerprint density at radius 3 is 2.66 bits per heavy atom. The van der Waals surface area contributed by atoms with E-state index in [2.05, 4.69) is 15.0 Å². The van der Waals surface area contributed by atoms with Crippen LogP contribution in [-0.4, -0.2) is 45.5 Å². The summed E-state index contributed by atoms with van der Waals surface area (Å²) in [4.78, 5) is 18.9. The molecule has 0 unspecified atom stereocenters. The Bertz CT molecular complexity index is 1370. The van der Waals surface area contributed by atoms with Crippen molar-refractivity contribution >= 4 is 27.4 Å². The average molecular weight is 496 g/mol. The molecule has 3 aromatic rings. The second-order valence-corrected chi connectivity index (χ2v) is 10.4. The van der Waals surface area contributed by atoms with Gasteiger partial charge in [-0.05, 0) is 73.8 Å². The Kier molecular flexibility index (Phi) is 6.95. The number of nitrogens with zero attached hydrogens (tertiary/aromatic N) is 2. The van der Waals surface area contributed by atoms with Gasteiger partial charge in [0.2, 0.25) is 5.88 Å². The number of anilines is 2. The van der Waals surface area contributed by atoms with E-state index in [9.17, 15) is 13.2 Å². The smallest absolute Gasteiger partial charge is 0.333 e. The lowest BCUT2D eigenvalue weighted by molar-refractivity contribution is 0.256. The number of aryl methyl sites for hydroxylation is 1. The van der Waals surface area contributed by atoms with Gasteiger partial charge in [-0.1, -0.05) is 18.2 Å². The molecule has 0 atom stereocenters.